The Morgan fingerprint density at radius 3 is 2.60 bits per heavy atom. The lowest BCUT2D eigenvalue weighted by Gasteiger charge is -2.21. The first-order chi connectivity index (χ1) is 4.70. The fourth-order valence-electron chi connectivity index (χ4n) is 0.595. The molecule has 0 aliphatic heterocycles. The quantitative estimate of drug-likeness (QED) is 0.711. The lowest BCUT2D eigenvalue weighted by molar-refractivity contribution is 0.296. The van der Waals surface area contributed by atoms with E-state index in [0.29, 0.717) is 0 Å². The molecule has 0 spiro atoms. The van der Waals surface area contributed by atoms with Crippen molar-refractivity contribution >= 4 is 21.6 Å². The number of hydrogen-bond donors (Lipinski definition) is 1. The van der Waals surface area contributed by atoms with Crippen LogP contribution in [0.1, 0.15) is 0 Å². The lowest BCUT2D eigenvalue weighted by Crippen LogP contribution is -2.06. The lowest BCUT2D eigenvalue weighted by atomic mass is 10.3. The fourth-order valence-corrected chi connectivity index (χ4v) is 0.982. The van der Waals surface area contributed by atoms with Crippen LogP contribution in [0, 0.1) is 5.21 Å². The van der Waals surface area contributed by atoms with E-state index in [2.05, 4.69) is 15.9 Å². The van der Waals surface area contributed by atoms with Gasteiger partial charge in [0.2, 0.25) is 0 Å². The number of hydrogen-bond acceptors (Lipinski definition) is 3. The number of anilines is 1. The van der Waals surface area contributed by atoms with E-state index < -0.39 is 0 Å². The molecule has 1 rings (SSSR count). The van der Waals surface area contributed by atoms with E-state index in [0.717, 1.165) is 4.47 Å². The van der Waals surface area contributed by atoms with E-state index in [1.807, 2.05) is 0 Å². The Morgan fingerprint density at radius 2 is 2.20 bits per heavy atom. The van der Waals surface area contributed by atoms with Gasteiger partial charge >= 0.3 is 0 Å². The Morgan fingerprint density at radius 1 is 1.50 bits per heavy atom. The summed E-state index contributed by atoms with van der Waals surface area (Å²) in [6.45, 7) is 0. The van der Waals surface area contributed by atoms with Gasteiger partial charge in [-0.15, -0.1) is 0 Å². The van der Waals surface area contributed by atoms with Crippen molar-refractivity contribution in [1.29, 1.82) is 0 Å². The Hall–Kier alpha value is -0.580. The summed E-state index contributed by atoms with van der Waals surface area (Å²) in [6, 6.07) is 6.47. The second-order valence-electron chi connectivity index (χ2n) is 1.75. The highest BCUT2D eigenvalue weighted by atomic mass is 79.9. The van der Waals surface area contributed by atoms with Crippen LogP contribution in [0.25, 0.3) is 0 Å². The van der Waals surface area contributed by atoms with E-state index in [1.165, 1.54) is 12.1 Å². The largest absolute Gasteiger partial charge is 0.733 e. The van der Waals surface area contributed by atoms with E-state index >= 15 is 0 Å². The predicted octanol–water partition coefficient (Wildman–Crippen LogP) is 2.14. The van der Waals surface area contributed by atoms with Crippen molar-refractivity contribution in [3.05, 3.63) is 33.9 Å². The van der Waals surface area contributed by atoms with Crippen LogP contribution in [0.4, 0.5) is 5.69 Å². The van der Waals surface area contributed by atoms with Crippen LogP contribution in [0.5, 0.6) is 0 Å². The molecule has 0 atom stereocenters. The van der Waals surface area contributed by atoms with Gasteiger partial charge in [-0.1, -0.05) is 22.0 Å². The van der Waals surface area contributed by atoms with Crippen molar-refractivity contribution in [1.82, 2.24) is 0 Å². The van der Waals surface area contributed by atoms with Crippen LogP contribution in [-0.2, 0) is 0 Å². The second kappa shape index (κ2) is 3.01. The zero-order valence-corrected chi connectivity index (χ0v) is 6.58. The average molecular weight is 203 g/mol. The molecule has 0 saturated carbocycles. The van der Waals surface area contributed by atoms with Crippen molar-refractivity contribution in [2.45, 2.75) is 0 Å². The zero-order chi connectivity index (χ0) is 7.56. The maximum absolute atomic E-state index is 10.2. The summed E-state index contributed by atoms with van der Waals surface area (Å²) >= 11 is 3.15. The van der Waals surface area contributed by atoms with Gasteiger partial charge in [-0.3, -0.25) is 5.21 Å². The van der Waals surface area contributed by atoms with Crippen LogP contribution in [0.3, 0.4) is 0 Å². The molecule has 1 aromatic rings. The molecule has 4 heteroatoms. The van der Waals surface area contributed by atoms with Gasteiger partial charge < -0.3 is 10.4 Å². The predicted molar refractivity (Wildman–Crippen MR) is 41.8 cm³/mol. The molecule has 0 unspecified atom stereocenters. The first-order valence-corrected chi connectivity index (χ1v) is 3.41. The van der Waals surface area contributed by atoms with Crippen LogP contribution in [-0.4, -0.2) is 5.21 Å². The van der Waals surface area contributed by atoms with Crippen molar-refractivity contribution in [2.24, 2.45) is 0 Å². The monoisotopic (exact) mass is 202 g/mol. The van der Waals surface area contributed by atoms with Gasteiger partial charge in [0.05, 0.1) is 5.69 Å². The first-order valence-electron chi connectivity index (χ1n) is 2.62. The third kappa shape index (κ3) is 1.70. The highest BCUT2D eigenvalue weighted by Crippen LogP contribution is 2.17. The maximum atomic E-state index is 10.2. The van der Waals surface area contributed by atoms with Gasteiger partial charge in [0.1, 0.15) is 0 Å². The van der Waals surface area contributed by atoms with Gasteiger partial charge in [0.15, 0.2) is 0 Å². The van der Waals surface area contributed by atoms with Crippen LogP contribution in [0.2, 0.25) is 0 Å². The second-order valence-corrected chi connectivity index (χ2v) is 2.67. The molecule has 3 nitrogen and oxygen atoms in total. The molecule has 0 bridgehead atoms. The number of nitrogens with zero attached hydrogens (tertiary/aromatic N) is 1. The third-order valence-electron chi connectivity index (χ3n) is 1.03. The molecule has 0 aliphatic rings. The number of rotatable bonds is 1. The number of halogens is 1. The summed E-state index contributed by atoms with van der Waals surface area (Å²) in [7, 11) is 0. The molecule has 0 aliphatic carbocycles. The van der Waals surface area contributed by atoms with E-state index in [9.17, 15) is 5.21 Å². The maximum Gasteiger partial charge on any atom is 0.0519 e. The fraction of sp³-hybridized carbons (Fsp3) is 0. The first kappa shape index (κ1) is 7.53. The minimum absolute atomic E-state index is 0.176. The van der Waals surface area contributed by atoms with Gasteiger partial charge in [-0.25, -0.2) is 0 Å². The van der Waals surface area contributed by atoms with Crippen LogP contribution >= 0.6 is 15.9 Å². The molecule has 0 fully saturated rings. The average Bonchev–Trinajstić information content (AvgIpc) is 1.88. The SMILES string of the molecule is [O-]N(O)c1cccc(Br)c1. The van der Waals surface area contributed by atoms with Crippen molar-refractivity contribution in [2.75, 3.05) is 5.23 Å². The summed E-state index contributed by atoms with van der Waals surface area (Å²) in [5, 5.41) is 18.5. The Kier molecular flexibility index (Phi) is 2.26. The normalized spacial score (nSPS) is 9.50. The van der Waals surface area contributed by atoms with E-state index in [1.54, 1.807) is 12.1 Å². The molecule has 1 N–H and O–H groups in total. The van der Waals surface area contributed by atoms with Crippen molar-refractivity contribution < 1.29 is 5.21 Å². The highest BCUT2D eigenvalue weighted by molar-refractivity contribution is 9.10. The summed E-state index contributed by atoms with van der Waals surface area (Å²) in [5.74, 6) is 0. The van der Waals surface area contributed by atoms with Crippen LogP contribution < -0.4 is 5.23 Å². The standard InChI is InChI=1S/C6H5BrNO2/c7-5-2-1-3-6(4-5)8(9)10/h1-4,9H/q-1. The minimum atomic E-state index is -0.176. The van der Waals surface area contributed by atoms with Crippen molar-refractivity contribution in [3.8, 4) is 0 Å². The van der Waals surface area contributed by atoms with Crippen molar-refractivity contribution in [3.63, 3.8) is 0 Å². The number of benzene rings is 1. The molecule has 0 radical (unpaired) electrons. The molecule has 0 aromatic heterocycles. The van der Waals surface area contributed by atoms with Gasteiger partial charge in [0.25, 0.3) is 0 Å². The molecule has 0 saturated heterocycles. The molecule has 0 amide bonds. The minimum Gasteiger partial charge on any atom is -0.733 e. The molecule has 1 aromatic carbocycles. The highest BCUT2D eigenvalue weighted by Gasteiger charge is 1.90. The summed E-state index contributed by atoms with van der Waals surface area (Å²) in [4.78, 5) is 0. The van der Waals surface area contributed by atoms with Gasteiger partial charge in [0, 0.05) is 4.47 Å². The Labute approximate surface area is 66.6 Å². The summed E-state index contributed by atoms with van der Waals surface area (Å²) in [5.41, 5.74) is 0.217. The van der Waals surface area contributed by atoms with Gasteiger partial charge in [-0.2, -0.15) is 0 Å². The third-order valence-corrected chi connectivity index (χ3v) is 1.52. The zero-order valence-electron chi connectivity index (χ0n) is 4.99. The molecule has 54 valence electrons. The molecular weight excluding hydrogens is 198 g/mol. The van der Waals surface area contributed by atoms with E-state index in [4.69, 9.17) is 5.21 Å². The van der Waals surface area contributed by atoms with Crippen LogP contribution in [0.15, 0.2) is 28.7 Å². The summed E-state index contributed by atoms with van der Waals surface area (Å²) in [6.07, 6.45) is 0. The summed E-state index contributed by atoms with van der Waals surface area (Å²) < 4.78 is 0.764. The van der Waals surface area contributed by atoms with Gasteiger partial charge in [-0.05, 0) is 18.2 Å². The Balaban J connectivity index is 2.96. The molecule has 10 heavy (non-hydrogen) atoms. The Bertz CT molecular complexity index is 227. The molecule has 0 heterocycles. The smallest absolute Gasteiger partial charge is 0.0519 e. The topological polar surface area (TPSA) is 46.5 Å². The molecular formula is C6H5BrNO2-. The van der Waals surface area contributed by atoms with E-state index in [-0.39, 0.29) is 10.9 Å².